The minimum atomic E-state index is 0.741. The summed E-state index contributed by atoms with van der Waals surface area (Å²) >= 11 is 0. The van der Waals surface area contributed by atoms with Gasteiger partial charge in [0.2, 0.25) is 0 Å². The van der Waals surface area contributed by atoms with Crippen LogP contribution in [0.1, 0.15) is 24.8 Å². The van der Waals surface area contributed by atoms with Crippen LogP contribution in [0.3, 0.4) is 0 Å². The Hall–Kier alpha value is -0.820. The molecule has 0 bridgehead atoms. The molecule has 0 spiro atoms. The predicted octanol–water partition coefficient (Wildman–Crippen LogP) is 2.49. The summed E-state index contributed by atoms with van der Waals surface area (Å²) in [4.78, 5) is 2.44. The highest BCUT2D eigenvalue weighted by atomic mass is 15.1. The highest BCUT2D eigenvalue weighted by molar-refractivity contribution is 5.21. The lowest BCUT2D eigenvalue weighted by molar-refractivity contribution is 0.329. The van der Waals surface area contributed by atoms with Crippen molar-refractivity contribution in [3.8, 4) is 0 Å². The molecule has 0 aromatic heterocycles. The van der Waals surface area contributed by atoms with Crippen LogP contribution in [0.25, 0.3) is 0 Å². The summed E-state index contributed by atoms with van der Waals surface area (Å²) in [6.45, 7) is 3.52. The lowest BCUT2D eigenvalue weighted by Gasteiger charge is -2.12. The topological polar surface area (TPSA) is 3.24 Å². The molecule has 2 atom stereocenters. The van der Waals surface area contributed by atoms with Gasteiger partial charge in [-0.2, -0.15) is 0 Å². The third-order valence-corrected chi connectivity index (χ3v) is 3.16. The van der Waals surface area contributed by atoms with E-state index in [2.05, 4.69) is 49.2 Å². The summed E-state index contributed by atoms with van der Waals surface area (Å²) in [6.07, 6.45) is 1.31. The molecule has 70 valence electrons. The molecule has 0 amide bonds. The Morgan fingerprint density at radius 2 is 1.92 bits per heavy atom. The third-order valence-electron chi connectivity index (χ3n) is 3.16. The van der Waals surface area contributed by atoms with Crippen molar-refractivity contribution in [1.82, 2.24) is 4.90 Å². The zero-order valence-corrected chi connectivity index (χ0v) is 8.40. The quantitative estimate of drug-likeness (QED) is 0.634. The fourth-order valence-corrected chi connectivity index (χ4v) is 2.16. The molecule has 1 aromatic carbocycles. The number of likely N-dealkylation sites (tertiary alicyclic amines) is 1. The van der Waals surface area contributed by atoms with Gasteiger partial charge >= 0.3 is 0 Å². The van der Waals surface area contributed by atoms with Gasteiger partial charge in [0.1, 0.15) is 0 Å². The number of benzene rings is 1. The van der Waals surface area contributed by atoms with Crippen molar-refractivity contribution in [3.05, 3.63) is 35.9 Å². The Morgan fingerprint density at radius 1 is 1.23 bits per heavy atom. The van der Waals surface area contributed by atoms with Crippen molar-refractivity contribution in [2.75, 3.05) is 13.6 Å². The molecule has 1 nitrogen and oxygen atoms in total. The summed E-state index contributed by atoms with van der Waals surface area (Å²) in [5.74, 6) is 0.751. The van der Waals surface area contributed by atoms with E-state index in [1.54, 1.807) is 0 Å². The van der Waals surface area contributed by atoms with Crippen LogP contribution in [0.5, 0.6) is 0 Å². The van der Waals surface area contributed by atoms with Gasteiger partial charge in [0.15, 0.2) is 0 Å². The molecule has 13 heavy (non-hydrogen) atoms. The number of rotatable bonds is 1. The van der Waals surface area contributed by atoms with E-state index in [9.17, 15) is 0 Å². The fourth-order valence-electron chi connectivity index (χ4n) is 2.16. The van der Waals surface area contributed by atoms with E-state index in [4.69, 9.17) is 0 Å². The van der Waals surface area contributed by atoms with Crippen LogP contribution in [0.2, 0.25) is 0 Å². The Balaban J connectivity index is 2.12. The molecule has 0 unspecified atom stereocenters. The zero-order valence-electron chi connectivity index (χ0n) is 8.40. The molecular formula is C12H17N. The molecule has 1 heterocycles. The fraction of sp³-hybridized carbons (Fsp3) is 0.500. The van der Waals surface area contributed by atoms with Crippen molar-refractivity contribution in [1.29, 1.82) is 0 Å². The van der Waals surface area contributed by atoms with Gasteiger partial charge in [-0.1, -0.05) is 30.3 Å². The minimum absolute atomic E-state index is 0.741. The molecular weight excluding hydrogens is 158 g/mol. The normalized spacial score (nSPS) is 29.4. The first-order valence-electron chi connectivity index (χ1n) is 5.02. The molecule has 2 rings (SSSR count). The molecule has 1 saturated heterocycles. The lowest BCUT2D eigenvalue weighted by Crippen LogP contribution is -2.21. The Kier molecular flexibility index (Phi) is 2.36. The maximum atomic E-state index is 2.44. The Labute approximate surface area is 80.4 Å². The predicted molar refractivity (Wildman–Crippen MR) is 55.9 cm³/mol. The van der Waals surface area contributed by atoms with Crippen molar-refractivity contribution in [2.24, 2.45) is 0 Å². The van der Waals surface area contributed by atoms with E-state index in [1.807, 2.05) is 0 Å². The summed E-state index contributed by atoms with van der Waals surface area (Å²) < 4.78 is 0. The second-order valence-electron chi connectivity index (χ2n) is 4.13. The van der Waals surface area contributed by atoms with Crippen molar-refractivity contribution in [2.45, 2.75) is 25.3 Å². The smallest absolute Gasteiger partial charge is 0.00704 e. The van der Waals surface area contributed by atoms with E-state index in [1.165, 1.54) is 18.5 Å². The highest BCUT2D eigenvalue weighted by Crippen LogP contribution is 2.29. The van der Waals surface area contributed by atoms with Gasteiger partial charge in [0.25, 0.3) is 0 Å². The van der Waals surface area contributed by atoms with Gasteiger partial charge < -0.3 is 4.90 Å². The SMILES string of the molecule is C[C@@H]1C[C@@H](c2ccccc2)CN1C. The van der Waals surface area contributed by atoms with Crippen LogP contribution in [0.15, 0.2) is 30.3 Å². The molecule has 0 saturated carbocycles. The van der Waals surface area contributed by atoms with E-state index in [0.717, 1.165) is 12.0 Å². The van der Waals surface area contributed by atoms with Gasteiger partial charge in [-0.05, 0) is 31.9 Å². The number of hydrogen-bond donors (Lipinski definition) is 0. The van der Waals surface area contributed by atoms with Crippen molar-refractivity contribution in [3.63, 3.8) is 0 Å². The molecule has 1 aliphatic heterocycles. The number of likely N-dealkylation sites (N-methyl/N-ethyl adjacent to an activating group) is 1. The minimum Gasteiger partial charge on any atom is -0.303 e. The second kappa shape index (κ2) is 3.51. The number of hydrogen-bond acceptors (Lipinski definition) is 1. The third kappa shape index (κ3) is 1.75. The maximum Gasteiger partial charge on any atom is 0.00704 e. The molecule has 1 heteroatoms. The van der Waals surface area contributed by atoms with E-state index in [0.29, 0.717) is 0 Å². The monoisotopic (exact) mass is 175 g/mol. The standard InChI is InChI=1S/C12H17N/c1-10-8-12(9-13(10)2)11-6-4-3-5-7-11/h3-7,10,12H,8-9H2,1-2H3/t10-,12-/m1/s1. The summed E-state index contributed by atoms with van der Waals surface area (Å²) in [5.41, 5.74) is 1.50. The Bertz CT molecular complexity index is 258. The lowest BCUT2D eigenvalue weighted by atomic mass is 9.97. The Morgan fingerprint density at radius 3 is 2.46 bits per heavy atom. The van der Waals surface area contributed by atoms with Crippen LogP contribution in [-0.4, -0.2) is 24.5 Å². The molecule has 1 aromatic rings. The van der Waals surface area contributed by atoms with Gasteiger partial charge in [0, 0.05) is 12.6 Å². The van der Waals surface area contributed by atoms with Gasteiger partial charge in [0.05, 0.1) is 0 Å². The summed E-state index contributed by atoms with van der Waals surface area (Å²) in [6, 6.07) is 11.6. The maximum absolute atomic E-state index is 2.44. The average molecular weight is 175 g/mol. The van der Waals surface area contributed by atoms with Gasteiger partial charge in [-0.3, -0.25) is 0 Å². The molecule has 1 fully saturated rings. The van der Waals surface area contributed by atoms with Crippen LogP contribution >= 0.6 is 0 Å². The van der Waals surface area contributed by atoms with Crippen LogP contribution in [0, 0.1) is 0 Å². The van der Waals surface area contributed by atoms with Crippen LogP contribution in [0.4, 0.5) is 0 Å². The average Bonchev–Trinajstić information content (AvgIpc) is 2.49. The first-order valence-corrected chi connectivity index (χ1v) is 5.02. The van der Waals surface area contributed by atoms with Crippen LogP contribution in [-0.2, 0) is 0 Å². The largest absolute Gasteiger partial charge is 0.303 e. The van der Waals surface area contributed by atoms with E-state index >= 15 is 0 Å². The van der Waals surface area contributed by atoms with Crippen molar-refractivity contribution >= 4 is 0 Å². The van der Waals surface area contributed by atoms with Crippen molar-refractivity contribution < 1.29 is 0 Å². The molecule has 0 N–H and O–H groups in total. The first-order chi connectivity index (χ1) is 6.27. The number of nitrogens with zero attached hydrogens (tertiary/aromatic N) is 1. The summed E-state index contributed by atoms with van der Waals surface area (Å²) in [7, 11) is 2.22. The summed E-state index contributed by atoms with van der Waals surface area (Å²) in [5, 5.41) is 0. The molecule has 1 aliphatic rings. The zero-order chi connectivity index (χ0) is 9.26. The van der Waals surface area contributed by atoms with E-state index in [-0.39, 0.29) is 0 Å². The van der Waals surface area contributed by atoms with Gasteiger partial charge in [-0.15, -0.1) is 0 Å². The second-order valence-corrected chi connectivity index (χ2v) is 4.13. The molecule has 0 radical (unpaired) electrons. The van der Waals surface area contributed by atoms with Crippen LogP contribution < -0.4 is 0 Å². The van der Waals surface area contributed by atoms with E-state index < -0.39 is 0 Å². The highest BCUT2D eigenvalue weighted by Gasteiger charge is 2.26. The molecule has 0 aliphatic carbocycles. The first kappa shape index (κ1) is 8.76. The van der Waals surface area contributed by atoms with Gasteiger partial charge in [-0.25, -0.2) is 0 Å².